The molecule has 9 heteroatoms. The average molecular weight is 601 g/mol. The van der Waals surface area contributed by atoms with E-state index < -0.39 is 9.05 Å². The molecule has 8 nitrogen and oxygen atoms in total. The molecule has 4 unspecified atom stereocenters. The van der Waals surface area contributed by atoms with Crippen molar-refractivity contribution in [2.24, 2.45) is 0 Å². The van der Waals surface area contributed by atoms with Crippen molar-refractivity contribution in [2.75, 3.05) is 26.4 Å². The van der Waals surface area contributed by atoms with Crippen molar-refractivity contribution in [2.45, 2.75) is 129 Å². The molecule has 0 aliphatic carbocycles. The summed E-state index contributed by atoms with van der Waals surface area (Å²) in [5, 5.41) is 0. The Labute approximate surface area is 252 Å². The average Bonchev–Trinajstić information content (AvgIpc) is 2.92. The second-order valence-electron chi connectivity index (χ2n) is 10.3. The van der Waals surface area contributed by atoms with E-state index in [1.165, 1.54) is 25.0 Å². The normalized spacial score (nSPS) is 15.5. The topological polar surface area (TPSA) is 73.8 Å². The molecule has 0 aliphatic rings. The Morgan fingerprint density at radius 2 is 0.634 bits per heavy atom. The number of unbranched alkanes of at least 4 members (excludes halogenated alkanes) is 4. The van der Waals surface area contributed by atoms with Crippen LogP contribution in [0.4, 0.5) is 0 Å². The van der Waals surface area contributed by atoms with E-state index in [1.807, 2.05) is 0 Å². The maximum Gasteiger partial charge on any atom is 0.680 e. The lowest BCUT2D eigenvalue weighted by Crippen LogP contribution is -2.56. The number of rotatable bonds is 32. The van der Waals surface area contributed by atoms with Gasteiger partial charge in [0.15, 0.2) is 0 Å². The molecule has 0 heterocycles. The Balaban J connectivity index is 5.57. The Bertz CT molecular complexity index is 538. The highest BCUT2D eigenvalue weighted by molar-refractivity contribution is 6.53. The number of ether oxygens (including phenoxy) is 4. The van der Waals surface area contributed by atoms with E-state index in [0.29, 0.717) is 26.4 Å². The molecule has 0 saturated heterocycles. The van der Waals surface area contributed by atoms with Gasteiger partial charge >= 0.3 is 9.05 Å². The van der Waals surface area contributed by atoms with Gasteiger partial charge in [-0.3, -0.25) is 0 Å². The van der Waals surface area contributed by atoms with Crippen molar-refractivity contribution in [1.29, 1.82) is 0 Å². The largest absolute Gasteiger partial charge is 0.680 e. The molecule has 0 spiro atoms. The molecule has 0 aromatic heterocycles. The quantitative estimate of drug-likeness (QED) is 0.0433. The van der Waals surface area contributed by atoms with Crippen molar-refractivity contribution in [1.82, 2.24) is 0 Å². The van der Waals surface area contributed by atoms with Gasteiger partial charge < -0.3 is 36.7 Å². The van der Waals surface area contributed by atoms with Crippen LogP contribution < -0.4 is 0 Å². The molecule has 0 N–H and O–H groups in total. The van der Waals surface area contributed by atoms with Crippen LogP contribution in [-0.4, -0.2) is 59.9 Å². The summed E-state index contributed by atoms with van der Waals surface area (Å²) in [7, 11) is -3.54. The molecular weight excluding hydrogens is 540 g/mol. The first-order valence-corrected chi connectivity index (χ1v) is 17.1. The summed E-state index contributed by atoms with van der Waals surface area (Å²) in [5.74, 6) is 0. The van der Waals surface area contributed by atoms with Crippen LogP contribution in [0.5, 0.6) is 0 Å². The highest BCUT2D eigenvalue weighted by Gasteiger charge is 2.51. The zero-order chi connectivity index (χ0) is 30.6. The van der Waals surface area contributed by atoms with Crippen molar-refractivity contribution in [3.8, 4) is 0 Å². The first-order valence-electron chi connectivity index (χ1n) is 15.4. The van der Waals surface area contributed by atoms with E-state index in [-0.39, 0.29) is 24.4 Å². The van der Waals surface area contributed by atoms with Gasteiger partial charge in [0.1, 0.15) is 0 Å². The minimum atomic E-state index is -3.54. The molecule has 0 amide bonds. The lowest BCUT2D eigenvalue weighted by atomic mass is 10.2. The van der Waals surface area contributed by atoms with Gasteiger partial charge in [-0.25, -0.2) is 0 Å². The van der Waals surface area contributed by atoms with Gasteiger partial charge in [-0.2, -0.15) is 0 Å². The lowest BCUT2D eigenvalue weighted by Gasteiger charge is -2.36. The fourth-order valence-electron chi connectivity index (χ4n) is 4.19. The van der Waals surface area contributed by atoms with Crippen molar-refractivity contribution < 1.29 is 36.7 Å². The molecule has 240 valence electrons. The summed E-state index contributed by atoms with van der Waals surface area (Å²) in [4.78, 5) is 0. The van der Waals surface area contributed by atoms with Gasteiger partial charge in [0.05, 0.1) is 51.5 Å². The van der Waals surface area contributed by atoms with Crippen molar-refractivity contribution in [3.05, 3.63) is 51.4 Å². The molecule has 0 aliphatic heterocycles. The van der Waals surface area contributed by atoms with E-state index in [9.17, 15) is 0 Å². The molecule has 41 heavy (non-hydrogen) atoms. The smallest absolute Gasteiger partial charge is 0.502 e. The molecule has 0 aromatic rings. The monoisotopic (exact) mass is 600 g/mol. The Morgan fingerprint density at radius 3 is 0.829 bits per heavy atom. The summed E-state index contributed by atoms with van der Waals surface area (Å²) in [6, 6.07) is 0. The third kappa shape index (κ3) is 23.5. The van der Waals surface area contributed by atoms with Crippen LogP contribution in [0.2, 0.25) is 0 Å². The number of hydrogen-bond acceptors (Lipinski definition) is 8. The van der Waals surface area contributed by atoms with Gasteiger partial charge in [0, 0.05) is 24.4 Å². The highest BCUT2D eigenvalue weighted by atomic mass is 28.4. The first-order chi connectivity index (χ1) is 19.8. The molecule has 0 radical (unpaired) electrons. The highest BCUT2D eigenvalue weighted by Crippen LogP contribution is 2.26. The summed E-state index contributed by atoms with van der Waals surface area (Å²) in [6.07, 6.45) is 16.4. The second kappa shape index (κ2) is 27.1. The van der Waals surface area contributed by atoms with Gasteiger partial charge in [0.2, 0.25) is 0 Å². The van der Waals surface area contributed by atoms with E-state index in [4.69, 9.17) is 36.7 Å². The first kappa shape index (κ1) is 39.2. The lowest BCUT2D eigenvalue weighted by molar-refractivity contribution is -0.101. The van der Waals surface area contributed by atoms with Crippen molar-refractivity contribution >= 4 is 9.05 Å². The van der Waals surface area contributed by atoms with E-state index >= 15 is 0 Å². The van der Waals surface area contributed by atoms with Gasteiger partial charge in [-0.05, 0) is 105 Å². The predicted molar refractivity (Wildman–Crippen MR) is 168 cm³/mol. The molecule has 0 saturated carbocycles. The molecule has 0 rings (SSSR count). The Morgan fingerprint density at radius 1 is 0.415 bits per heavy atom. The van der Waals surface area contributed by atoms with Crippen LogP contribution in [-0.2, 0) is 36.7 Å². The minimum absolute atomic E-state index is 0.0972. The van der Waals surface area contributed by atoms with Crippen LogP contribution in [0.3, 0.4) is 0 Å². The Hall–Kier alpha value is -1.78. The van der Waals surface area contributed by atoms with Gasteiger partial charge in [-0.1, -0.05) is 26.3 Å². The predicted octanol–water partition coefficient (Wildman–Crippen LogP) is 8.36. The van der Waals surface area contributed by atoms with Crippen LogP contribution >= 0.6 is 0 Å². The third-order valence-electron chi connectivity index (χ3n) is 6.34. The molecule has 4 atom stereocenters. The molecular formula is C32H60O8Si. The van der Waals surface area contributed by atoms with E-state index in [2.05, 4.69) is 54.0 Å². The van der Waals surface area contributed by atoms with E-state index in [1.54, 1.807) is 0 Å². The minimum Gasteiger partial charge on any atom is -0.502 e. The van der Waals surface area contributed by atoms with Crippen LogP contribution in [0, 0.1) is 0 Å². The SMILES string of the molecule is C=COCCCCC(C)O[Si](OC(C)CCCCOC=C)(OC(C)CCCCOC=C)OC(C)CCCCOC=C. The zero-order valence-corrected chi connectivity index (χ0v) is 27.5. The summed E-state index contributed by atoms with van der Waals surface area (Å²) < 4.78 is 47.9. The fourth-order valence-corrected chi connectivity index (χ4v) is 6.97. The van der Waals surface area contributed by atoms with Crippen LogP contribution in [0.25, 0.3) is 0 Å². The third-order valence-corrected chi connectivity index (χ3v) is 9.11. The second-order valence-corrected chi connectivity index (χ2v) is 12.3. The maximum absolute atomic E-state index is 6.69. The number of hydrogen-bond donors (Lipinski definition) is 0. The maximum atomic E-state index is 6.69. The molecule has 0 aromatic carbocycles. The summed E-state index contributed by atoms with van der Waals surface area (Å²) >= 11 is 0. The summed E-state index contributed by atoms with van der Waals surface area (Å²) in [5.41, 5.74) is 0. The zero-order valence-electron chi connectivity index (χ0n) is 26.5. The van der Waals surface area contributed by atoms with Crippen LogP contribution in [0.1, 0.15) is 105 Å². The standard InChI is InChI=1S/C32H60O8Si/c1-9-33-25-17-13-21-29(5)37-41(38-30(6)22-14-18-26-34-10-2,39-31(7)23-15-19-27-35-11-3)40-32(8)24-16-20-28-36-12-4/h9-12,29-32H,1-4,13-28H2,5-8H3. The fraction of sp³-hybridized carbons (Fsp3) is 0.750. The molecule has 0 bridgehead atoms. The molecule has 0 fully saturated rings. The van der Waals surface area contributed by atoms with Crippen LogP contribution in [0.15, 0.2) is 51.4 Å². The van der Waals surface area contributed by atoms with Gasteiger partial charge in [-0.15, -0.1) is 0 Å². The summed E-state index contributed by atoms with van der Waals surface area (Å²) in [6.45, 7) is 25.3. The van der Waals surface area contributed by atoms with Crippen molar-refractivity contribution in [3.63, 3.8) is 0 Å². The Kier molecular flexibility index (Phi) is 25.9. The van der Waals surface area contributed by atoms with Gasteiger partial charge in [0.25, 0.3) is 0 Å². The van der Waals surface area contributed by atoms with E-state index in [0.717, 1.165) is 77.0 Å².